The summed E-state index contributed by atoms with van der Waals surface area (Å²) in [6.07, 6.45) is 1.09. The highest BCUT2D eigenvalue weighted by atomic mass is 16.6. The maximum absolute atomic E-state index is 13.9. The lowest BCUT2D eigenvalue weighted by Gasteiger charge is -2.34. The van der Waals surface area contributed by atoms with Gasteiger partial charge in [-0.3, -0.25) is 0 Å². The van der Waals surface area contributed by atoms with Gasteiger partial charge < -0.3 is 19.9 Å². The normalized spacial score (nSPS) is 13.4. The van der Waals surface area contributed by atoms with Gasteiger partial charge in [0.05, 0.1) is 5.69 Å². The molecule has 1 fully saturated rings. The molecule has 1 amide bonds. The molecule has 0 saturated carbocycles. The first-order chi connectivity index (χ1) is 21.4. The SMILES string of the molecule is Cc1cccc(C)c1N(C(=O)Oc1ccc(-c2ccccc2)cc1)c1ccnc(Nc2ccc(N3CCN(C)CC3)cc2)n1. The van der Waals surface area contributed by atoms with Crippen molar-refractivity contribution in [1.29, 1.82) is 0 Å². The summed E-state index contributed by atoms with van der Waals surface area (Å²) in [5.41, 5.74) is 6.76. The minimum Gasteiger partial charge on any atom is -0.410 e. The molecule has 8 nitrogen and oxygen atoms in total. The molecular formula is C36H36N6O2. The van der Waals surface area contributed by atoms with Crippen LogP contribution in [0.5, 0.6) is 5.75 Å². The smallest absolute Gasteiger partial charge is 0.410 e. The van der Waals surface area contributed by atoms with Gasteiger partial charge in [-0.2, -0.15) is 4.98 Å². The standard InChI is InChI=1S/C36H36N6O2/c1-26-8-7-9-27(2)34(26)42(36(43)44-32-18-12-29(13-19-32)28-10-5-4-6-11-28)33-20-21-37-35(39-33)38-30-14-16-31(17-15-30)41-24-22-40(3)23-25-41/h4-21H,22-25H2,1-3H3,(H,37,38,39). The number of likely N-dealkylation sites (N-methyl/N-ethyl adjacent to an activating group) is 1. The summed E-state index contributed by atoms with van der Waals surface area (Å²) >= 11 is 0. The van der Waals surface area contributed by atoms with Crippen molar-refractivity contribution < 1.29 is 9.53 Å². The molecule has 222 valence electrons. The molecule has 1 aliphatic rings. The van der Waals surface area contributed by atoms with Gasteiger partial charge in [-0.25, -0.2) is 14.7 Å². The number of carbonyl (C=O) groups is 1. The molecule has 0 radical (unpaired) electrons. The molecule has 1 N–H and O–H groups in total. The summed E-state index contributed by atoms with van der Waals surface area (Å²) in [5.74, 6) is 1.23. The third-order valence-corrected chi connectivity index (χ3v) is 7.87. The molecule has 0 bridgehead atoms. The number of nitrogens with zero attached hydrogens (tertiary/aromatic N) is 5. The van der Waals surface area contributed by atoms with Crippen LogP contribution in [0.2, 0.25) is 0 Å². The number of carbonyl (C=O) groups excluding carboxylic acids is 1. The number of aryl methyl sites for hydroxylation is 2. The second-order valence-corrected chi connectivity index (χ2v) is 11.0. The maximum atomic E-state index is 13.9. The number of anilines is 5. The Labute approximate surface area is 258 Å². The van der Waals surface area contributed by atoms with Crippen molar-refractivity contribution in [1.82, 2.24) is 14.9 Å². The van der Waals surface area contributed by atoms with E-state index in [1.165, 1.54) is 10.6 Å². The summed E-state index contributed by atoms with van der Waals surface area (Å²) in [6, 6.07) is 33.5. The number of benzene rings is 4. The molecule has 0 unspecified atom stereocenters. The molecule has 0 aliphatic carbocycles. The van der Waals surface area contributed by atoms with Crippen molar-refractivity contribution >= 4 is 34.9 Å². The molecule has 5 aromatic rings. The van der Waals surface area contributed by atoms with Crippen molar-refractivity contribution in [3.8, 4) is 16.9 Å². The van der Waals surface area contributed by atoms with Gasteiger partial charge in [-0.1, -0.05) is 60.7 Å². The minimum absolute atomic E-state index is 0.381. The Balaban J connectivity index is 1.24. The van der Waals surface area contributed by atoms with Crippen LogP contribution in [0.1, 0.15) is 11.1 Å². The van der Waals surface area contributed by atoms with Gasteiger partial charge in [-0.05, 0) is 79.5 Å². The van der Waals surface area contributed by atoms with E-state index in [1.54, 1.807) is 12.3 Å². The van der Waals surface area contributed by atoms with Crippen LogP contribution in [0.25, 0.3) is 11.1 Å². The summed E-state index contributed by atoms with van der Waals surface area (Å²) in [7, 11) is 2.16. The van der Waals surface area contributed by atoms with Gasteiger partial charge in [0.15, 0.2) is 0 Å². The Bertz CT molecular complexity index is 1700. The van der Waals surface area contributed by atoms with E-state index >= 15 is 0 Å². The second kappa shape index (κ2) is 13.0. The van der Waals surface area contributed by atoms with E-state index in [0.717, 1.165) is 59.8 Å². The Hall–Kier alpha value is -5.21. The molecule has 0 spiro atoms. The number of amides is 1. The van der Waals surface area contributed by atoms with Crippen molar-refractivity contribution in [2.45, 2.75) is 13.8 Å². The van der Waals surface area contributed by atoms with Crippen LogP contribution in [0.15, 0.2) is 109 Å². The summed E-state index contributed by atoms with van der Waals surface area (Å²) in [6.45, 7) is 8.07. The molecule has 1 aromatic heterocycles. The number of ether oxygens (including phenoxy) is 1. The molecule has 4 aromatic carbocycles. The molecule has 2 heterocycles. The number of para-hydroxylation sites is 1. The third-order valence-electron chi connectivity index (χ3n) is 7.87. The van der Waals surface area contributed by atoms with Crippen molar-refractivity contribution in [2.75, 3.05) is 48.3 Å². The Morgan fingerprint density at radius 3 is 2.11 bits per heavy atom. The number of hydrogen-bond acceptors (Lipinski definition) is 7. The zero-order valence-corrected chi connectivity index (χ0v) is 25.3. The molecule has 8 heteroatoms. The van der Waals surface area contributed by atoms with Gasteiger partial charge in [0.2, 0.25) is 5.95 Å². The van der Waals surface area contributed by atoms with Crippen LogP contribution in [-0.4, -0.2) is 54.2 Å². The molecule has 6 rings (SSSR count). The van der Waals surface area contributed by atoms with E-state index in [9.17, 15) is 4.79 Å². The van der Waals surface area contributed by atoms with Gasteiger partial charge in [-0.15, -0.1) is 0 Å². The fraction of sp³-hybridized carbons (Fsp3) is 0.194. The first-order valence-electron chi connectivity index (χ1n) is 14.8. The summed E-state index contributed by atoms with van der Waals surface area (Å²) in [4.78, 5) is 29.3. The lowest BCUT2D eigenvalue weighted by molar-refractivity contribution is 0.210. The highest BCUT2D eigenvalue weighted by Crippen LogP contribution is 2.33. The maximum Gasteiger partial charge on any atom is 0.425 e. The van der Waals surface area contributed by atoms with Gasteiger partial charge >= 0.3 is 6.09 Å². The number of rotatable bonds is 7. The van der Waals surface area contributed by atoms with Crippen LogP contribution >= 0.6 is 0 Å². The van der Waals surface area contributed by atoms with E-state index in [0.29, 0.717) is 17.5 Å². The second-order valence-electron chi connectivity index (χ2n) is 11.0. The first-order valence-corrected chi connectivity index (χ1v) is 14.8. The summed E-state index contributed by atoms with van der Waals surface area (Å²) < 4.78 is 5.92. The lowest BCUT2D eigenvalue weighted by atomic mass is 10.1. The van der Waals surface area contributed by atoms with Crippen molar-refractivity contribution in [3.05, 3.63) is 120 Å². The van der Waals surface area contributed by atoms with Gasteiger partial charge in [0.25, 0.3) is 0 Å². The monoisotopic (exact) mass is 584 g/mol. The van der Waals surface area contributed by atoms with Crippen LogP contribution < -0.4 is 19.9 Å². The van der Waals surface area contributed by atoms with Gasteiger partial charge in [0, 0.05) is 49.8 Å². The van der Waals surface area contributed by atoms with Crippen LogP contribution in [0, 0.1) is 13.8 Å². The van der Waals surface area contributed by atoms with E-state index in [2.05, 4.69) is 39.3 Å². The van der Waals surface area contributed by atoms with Crippen molar-refractivity contribution in [2.24, 2.45) is 0 Å². The van der Waals surface area contributed by atoms with Crippen LogP contribution in [-0.2, 0) is 0 Å². The Kier molecular flexibility index (Phi) is 8.52. The van der Waals surface area contributed by atoms with E-state index in [1.807, 2.05) is 98.8 Å². The first kappa shape index (κ1) is 28.9. The quantitative estimate of drug-likeness (QED) is 0.211. The number of hydrogen-bond donors (Lipinski definition) is 1. The summed E-state index contributed by atoms with van der Waals surface area (Å²) in [5, 5.41) is 3.30. The molecule has 0 atom stereocenters. The minimum atomic E-state index is -0.559. The Morgan fingerprint density at radius 1 is 0.773 bits per heavy atom. The molecular weight excluding hydrogens is 548 g/mol. The highest BCUT2D eigenvalue weighted by Gasteiger charge is 2.25. The average Bonchev–Trinajstić information content (AvgIpc) is 3.04. The zero-order valence-electron chi connectivity index (χ0n) is 25.3. The van der Waals surface area contributed by atoms with E-state index in [-0.39, 0.29) is 0 Å². The number of nitrogens with one attached hydrogen (secondary N) is 1. The number of aromatic nitrogens is 2. The molecule has 44 heavy (non-hydrogen) atoms. The predicted molar refractivity (Wildman–Crippen MR) is 177 cm³/mol. The van der Waals surface area contributed by atoms with E-state index in [4.69, 9.17) is 9.72 Å². The topological polar surface area (TPSA) is 73.8 Å². The third kappa shape index (κ3) is 6.55. The Morgan fingerprint density at radius 2 is 1.43 bits per heavy atom. The molecule has 1 aliphatic heterocycles. The van der Waals surface area contributed by atoms with Crippen LogP contribution in [0.3, 0.4) is 0 Å². The lowest BCUT2D eigenvalue weighted by Crippen LogP contribution is -2.44. The molecule has 1 saturated heterocycles. The van der Waals surface area contributed by atoms with Crippen molar-refractivity contribution in [3.63, 3.8) is 0 Å². The largest absolute Gasteiger partial charge is 0.425 e. The van der Waals surface area contributed by atoms with E-state index < -0.39 is 6.09 Å². The van der Waals surface area contributed by atoms with Crippen LogP contribution in [0.4, 0.5) is 33.6 Å². The highest BCUT2D eigenvalue weighted by molar-refractivity contribution is 5.98. The van der Waals surface area contributed by atoms with Gasteiger partial charge in [0.1, 0.15) is 11.6 Å². The number of piperazine rings is 1. The average molecular weight is 585 g/mol. The predicted octanol–water partition coefficient (Wildman–Crippen LogP) is 7.59. The fourth-order valence-electron chi connectivity index (χ4n) is 5.43. The fourth-order valence-corrected chi connectivity index (χ4v) is 5.43. The zero-order chi connectivity index (χ0) is 30.5.